The van der Waals surface area contributed by atoms with Gasteiger partial charge in [-0.3, -0.25) is 4.79 Å². The second kappa shape index (κ2) is 4.49. The van der Waals surface area contributed by atoms with Crippen LogP contribution in [-0.2, 0) is 6.42 Å². The van der Waals surface area contributed by atoms with Crippen LogP contribution in [-0.4, -0.2) is 9.97 Å². The molecule has 0 amide bonds. The molecule has 0 radical (unpaired) electrons. The second-order valence-electron chi connectivity index (χ2n) is 3.40. The number of nitrogens with one attached hydrogen (secondary N) is 1. The van der Waals surface area contributed by atoms with Crippen LogP contribution in [0.4, 0.5) is 0 Å². The highest BCUT2D eigenvalue weighted by molar-refractivity contribution is 6.30. The van der Waals surface area contributed by atoms with Crippen molar-refractivity contribution in [2.24, 2.45) is 0 Å². The number of halogens is 1. The number of benzene rings is 1. The summed E-state index contributed by atoms with van der Waals surface area (Å²) >= 11 is 5.95. The average molecular weight is 235 g/mol. The van der Waals surface area contributed by atoms with Crippen LogP contribution >= 0.6 is 11.6 Å². The van der Waals surface area contributed by atoms with Crippen molar-refractivity contribution < 1.29 is 0 Å². The van der Waals surface area contributed by atoms with Gasteiger partial charge in [-0.25, -0.2) is 4.98 Å². The monoisotopic (exact) mass is 234 g/mol. The van der Waals surface area contributed by atoms with Gasteiger partial charge in [0.05, 0.1) is 5.56 Å². The van der Waals surface area contributed by atoms with Gasteiger partial charge in [0.1, 0.15) is 11.0 Å². The second-order valence-corrected chi connectivity index (χ2v) is 3.76. The Labute approximate surface area is 98.1 Å². The average Bonchev–Trinajstić information content (AvgIpc) is 2.30. The molecule has 1 aromatic heterocycles. The van der Waals surface area contributed by atoms with Crippen molar-refractivity contribution in [3.63, 3.8) is 0 Å². The molecule has 1 heterocycles. The third kappa shape index (κ3) is 1.99. The van der Waals surface area contributed by atoms with Gasteiger partial charge in [-0.15, -0.1) is 0 Å². The Kier molecular flexibility index (Phi) is 3.06. The van der Waals surface area contributed by atoms with Crippen LogP contribution < -0.4 is 5.56 Å². The Morgan fingerprint density at radius 2 is 2.00 bits per heavy atom. The summed E-state index contributed by atoms with van der Waals surface area (Å²) in [5.41, 5.74) is 1.21. The van der Waals surface area contributed by atoms with Crippen molar-refractivity contribution >= 4 is 11.6 Å². The maximum Gasteiger partial charge on any atom is 0.255 e. The number of H-pyrrole nitrogens is 1. The maximum absolute atomic E-state index is 11.7. The number of nitrogens with zero attached hydrogens (tertiary/aromatic N) is 1. The molecule has 0 bridgehead atoms. The topological polar surface area (TPSA) is 45.8 Å². The molecule has 4 heteroatoms. The zero-order chi connectivity index (χ0) is 11.5. The molecule has 0 aliphatic carbocycles. The molecule has 0 unspecified atom stereocenters. The fraction of sp³-hybridized carbons (Fsp3) is 0.167. The van der Waals surface area contributed by atoms with E-state index in [0.29, 0.717) is 17.8 Å². The van der Waals surface area contributed by atoms with E-state index in [-0.39, 0.29) is 10.7 Å². The van der Waals surface area contributed by atoms with E-state index >= 15 is 0 Å². The summed E-state index contributed by atoms with van der Waals surface area (Å²) < 4.78 is 0. The predicted molar refractivity (Wildman–Crippen MR) is 64.7 cm³/mol. The van der Waals surface area contributed by atoms with E-state index in [1.54, 1.807) is 0 Å². The standard InChI is InChI=1S/C12H11ClN2O/c1-2-9-10(13)14-11(15-12(9)16)8-6-4-3-5-7-8/h3-7H,2H2,1H3,(H,14,15,16). The van der Waals surface area contributed by atoms with Gasteiger partial charge in [0.25, 0.3) is 5.56 Å². The van der Waals surface area contributed by atoms with Gasteiger partial charge in [-0.1, -0.05) is 48.9 Å². The van der Waals surface area contributed by atoms with Gasteiger partial charge in [0.15, 0.2) is 0 Å². The first kappa shape index (κ1) is 10.9. The third-order valence-corrected chi connectivity index (χ3v) is 2.68. The minimum absolute atomic E-state index is 0.165. The molecule has 2 aromatic rings. The van der Waals surface area contributed by atoms with E-state index in [4.69, 9.17) is 11.6 Å². The SMILES string of the molecule is CCc1c(Cl)nc(-c2ccccc2)[nH]c1=O. The number of hydrogen-bond acceptors (Lipinski definition) is 2. The fourth-order valence-electron chi connectivity index (χ4n) is 1.51. The zero-order valence-electron chi connectivity index (χ0n) is 8.83. The number of aromatic nitrogens is 2. The molecule has 0 aliphatic rings. The van der Waals surface area contributed by atoms with Crippen molar-refractivity contribution in [2.75, 3.05) is 0 Å². The van der Waals surface area contributed by atoms with Crippen LogP contribution in [0.3, 0.4) is 0 Å². The van der Waals surface area contributed by atoms with E-state index in [9.17, 15) is 4.79 Å². The van der Waals surface area contributed by atoms with Crippen LogP contribution in [0.5, 0.6) is 0 Å². The fourth-order valence-corrected chi connectivity index (χ4v) is 1.81. The first-order valence-corrected chi connectivity index (χ1v) is 5.44. The quantitative estimate of drug-likeness (QED) is 0.812. The predicted octanol–water partition coefficient (Wildman–Crippen LogP) is 2.65. The Hall–Kier alpha value is -1.61. The zero-order valence-corrected chi connectivity index (χ0v) is 9.58. The first-order chi connectivity index (χ1) is 7.72. The highest BCUT2D eigenvalue weighted by Crippen LogP contribution is 2.16. The molecule has 3 nitrogen and oxygen atoms in total. The Morgan fingerprint density at radius 3 is 2.56 bits per heavy atom. The molecule has 0 aliphatic heterocycles. The highest BCUT2D eigenvalue weighted by Gasteiger charge is 2.08. The van der Waals surface area contributed by atoms with Gasteiger partial charge in [-0.2, -0.15) is 0 Å². The normalized spacial score (nSPS) is 10.4. The first-order valence-electron chi connectivity index (χ1n) is 5.06. The lowest BCUT2D eigenvalue weighted by Crippen LogP contribution is -2.15. The smallest absolute Gasteiger partial charge is 0.255 e. The summed E-state index contributed by atoms with van der Waals surface area (Å²) in [6.45, 7) is 1.88. The summed E-state index contributed by atoms with van der Waals surface area (Å²) in [5, 5.41) is 0.283. The van der Waals surface area contributed by atoms with Crippen molar-refractivity contribution in [3.05, 3.63) is 51.4 Å². The van der Waals surface area contributed by atoms with Gasteiger partial charge in [0, 0.05) is 5.56 Å². The minimum Gasteiger partial charge on any atom is -0.306 e. The summed E-state index contributed by atoms with van der Waals surface area (Å²) in [6, 6.07) is 9.43. The molecule has 1 aromatic carbocycles. The molecule has 0 saturated heterocycles. The molecule has 0 spiro atoms. The number of rotatable bonds is 2. The van der Waals surface area contributed by atoms with E-state index < -0.39 is 0 Å². The molecule has 2 rings (SSSR count). The lowest BCUT2D eigenvalue weighted by atomic mass is 10.2. The number of aromatic amines is 1. The lowest BCUT2D eigenvalue weighted by Gasteiger charge is -2.03. The van der Waals surface area contributed by atoms with E-state index in [1.165, 1.54) is 0 Å². The minimum atomic E-state index is -0.165. The number of hydrogen-bond donors (Lipinski definition) is 1. The van der Waals surface area contributed by atoms with Gasteiger partial charge in [0.2, 0.25) is 0 Å². The van der Waals surface area contributed by atoms with E-state index in [2.05, 4.69) is 9.97 Å². The van der Waals surface area contributed by atoms with Crippen molar-refractivity contribution in [2.45, 2.75) is 13.3 Å². The van der Waals surface area contributed by atoms with Crippen molar-refractivity contribution in [1.82, 2.24) is 9.97 Å². The molecular formula is C12H11ClN2O. The van der Waals surface area contributed by atoms with Crippen LogP contribution in [0.1, 0.15) is 12.5 Å². The van der Waals surface area contributed by atoms with Crippen molar-refractivity contribution in [3.8, 4) is 11.4 Å². The molecule has 0 atom stereocenters. The van der Waals surface area contributed by atoms with E-state index in [0.717, 1.165) is 5.56 Å². The molecule has 1 N–H and O–H groups in total. The van der Waals surface area contributed by atoms with E-state index in [1.807, 2.05) is 37.3 Å². The molecule has 82 valence electrons. The van der Waals surface area contributed by atoms with Gasteiger partial charge < -0.3 is 4.98 Å². The van der Waals surface area contributed by atoms with Crippen LogP contribution in [0.15, 0.2) is 35.1 Å². The largest absolute Gasteiger partial charge is 0.306 e. The molecule has 0 saturated carbocycles. The molecule has 16 heavy (non-hydrogen) atoms. The Balaban J connectivity index is 2.57. The summed E-state index contributed by atoms with van der Waals surface area (Å²) in [6.07, 6.45) is 0.580. The molecule has 0 fully saturated rings. The summed E-state index contributed by atoms with van der Waals surface area (Å²) in [7, 11) is 0. The van der Waals surface area contributed by atoms with Gasteiger partial charge in [-0.05, 0) is 6.42 Å². The highest BCUT2D eigenvalue weighted by atomic mass is 35.5. The van der Waals surface area contributed by atoms with Crippen LogP contribution in [0.2, 0.25) is 5.15 Å². The Bertz CT molecular complexity index is 549. The third-order valence-electron chi connectivity index (χ3n) is 2.37. The van der Waals surface area contributed by atoms with Gasteiger partial charge >= 0.3 is 0 Å². The Morgan fingerprint density at radius 1 is 1.31 bits per heavy atom. The summed E-state index contributed by atoms with van der Waals surface area (Å²) in [4.78, 5) is 18.6. The molecular weight excluding hydrogens is 224 g/mol. The van der Waals surface area contributed by atoms with Crippen LogP contribution in [0.25, 0.3) is 11.4 Å². The summed E-state index contributed by atoms with van der Waals surface area (Å²) in [5.74, 6) is 0.507. The van der Waals surface area contributed by atoms with Crippen LogP contribution in [0, 0.1) is 0 Å². The van der Waals surface area contributed by atoms with Crippen molar-refractivity contribution in [1.29, 1.82) is 0 Å². The maximum atomic E-state index is 11.7. The lowest BCUT2D eigenvalue weighted by molar-refractivity contribution is 1.01.